The van der Waals surface area contributed by atoms with Gasteiger partial charge in [0.2, 0.25) is 5.91 Å². The van der Waals surface area contributed by atoms with Crippen molar-refractivity contribution in [1.29, 1.82) is 0 Å². The summed E-state index contributed by atoms with van der Waals surface area (Å²) in [6, 6.07) is 13.9. The molecule has 0 fully saturated rings. The lowest BCUT2D eigenvalue weighted by atomic mass is 10.1. The Kier molecular flexibility index (Phi) is 7.63. The Morgan fingerprint density at radius 2 is 1.88 bits per heavy atom. The van der Waals surface area contributed by atoms with E-state index in [2.05, 4.69) is 46.7 Å². The number of carbonyl (C=O) groups excluding carboxylic acids is 2. The first kappa shape index (κ1) is 19.1. The lowest BCUT2D eigenvalue weighted by molar-refractivity contribution is -0.121. The highest BCUT2D eigenvalue weighted by molar-refractivity contribution is 7.11. The van der Waals surface area contributed by atoms with Crippen LogP contribution in [0.5, 0.6) is 0 Å². The van der Waals surface area contributed by atoms with E-state index in [0.717, 1.165) is 13.0 Å². The minimum atomic E-state index is -0.442. The van der Waals surface area contributed by atoms with Crippen molar-refractivity contribution in [1.82, 2.24) is 15.5 Å². The molecule has 0 aliphatic carbocycles. The number of imide groups is 1. The Morgan fingerprint density at radius 3 is 2.52 bits per heavy atom. The Morgan fingerprint density at radius 1 is 1.12 bits per heavy atom. The van der Waals surface area contributed by atoms with Crippen LogP contribution in [0.1, 0.15) is 22.2 Å². The molecule has 6 heteroatoms. The van der Waals surface area contributed by atoms with Gasteiger partial charge in [-0.25, -0.2) is 4.79 Å². The van der Waals surface area contributed by atoms with Gasteiger partial charge in [0.15, 0.2) is 0 Å². The number of rotatable bonds is 8. The van der Waals surface area contributed by atoms with Gasteiger partial charge in [0.25, 0.3) is 0 Å². The fraction of sp³-hybridized carbons (Fsp3) is 0.368. The van der Waals surface area contributed by atoms with E-state index < -0.39 is 6.03 Å². The Bertz CT molecular complexity index is 685. The number of aryl methyl sites for hydroxylation is 1. The molecule has 2 aromatic rings. The van der Waals surface area contributed by atoms with Gasteiger partial charge in [-0.1, -0.05) is 30.3 Å². The number of amides is 3. The van der Waals surface area contributed by atoms with Gasteiger partial charge in [-0.05, 0) is 38.0 Å². The molecule has 3 amide bonds. The lowest BCUT2D eigenvalue weighted by Gasteiger charge is -2.21. The van der Waals surface area contributed by atoms with Gasteiger partial charge in [-0.3, -0.25) is 15.0 Å². The van der Waals surface area contributed by atoms with Crippen molar-refractivity contribution in [2.45, 2.75) is 26.8 Å². The third-order valence-electron chi connectivity index (χ3n) is 3.69. The summed E-state index contributed by atoms with van der Waals surface area (Å²) in [5.74, 6) is -0.285. The van der Waals surface area contributed by atoms with Crippen molar-refractivity contribution in [2.75, 3.05) is 19.6 Å². The first-order chi connectivity index (χ1) is 12.1. The molecule has 1 heterocycles. The van der Waals surface area contributed by atoms with Gasteiger partial charge in [-0.2, -0.15) is 0 Å². The maximum absolute atomic E-state index is 12.1. The van der Waals surface area contributed by atoms with Crippen molar-refractivity contribution >= 4 is 23.3 Å². The molecule has 2 rings (SSSR count). The highest BCUT2D eigenvalue weighted by atomic mass is 32.1. The quantitative estimate of drug-likeness (QED) is 0.762. The Balaban J connectivity index is 1.95. The molecule has 134 valence electrons. The second kappa shape index (κ2) is 9.96. The van der Waals surface area contributed by atoms with E-state index in [1.165, 1.54) is 15.3 Å². The van der Waals surface area contributed by atoms with Crippen molar-refractivity contribution in [3.8, 4) is 0 Å². The summed E-state index contributed by atoms with van der Waals surface area (Å²) in [7, 11) is 0. The summed E-state index contributed by atoms with van der Waals surface area (Å²) in [5.41, 5.74) is 1.24. The van der Waals surface area contributed by atoms with Crippen molar-refractivity contribution in [3.05, 3.63) is 57.8 Å². The second-order valence-electron chi connectivity index (χ2n) is 5.87. The number of carbonyl (C=O) groups is 2. The van der Waals surface area contributed by atoms with E-state index >= 15 is 0 Å². The minimum Gasteiger partial charge on any atom is -0.338 e. The number of nitrogens with zero attached hydrogens (tertiary/aromatic N) is 1. The second-order valence-corrected chi connectivity index (χ2v) is 7.24. The topological polar surface area (TPSA) is 61.4 Å². The molecule has 0 spiro atoms. The summed E-state index contributed by atoms with van der Waals surface area (Å²) in [6.07, 6.45) is 0.861. The monoisotopic (exact) mass is 359 g/mol. The standard InChI is InChI=1S/C19H25N3O2S/c1-3-20-19(24)21-18(23)14-22(13-17-10-9-15(2)25-17)12-11-16-7-5-4-6-8-16/h4-10H,3,11-14H2,1-2H3,(H2,20,21,23,24). The molecule has 0 radical (unpaired) electrons. The van der Waals surface area contributed by atoms with Gasteiger partial charge in [0.1, 0.15) is 0 Å². The maximum atomic E-state index is 12.1. The Hall–Kier alpha value is -2.18. The van der Waals surface area contributed by atoms with Crippen molar-refractivity contribution in [2.24, 2.45) is 0 Å². The van der Waals surface area contributed by atoms with Crippen LogP contribution in [-0.2, 0) is 17.8 Å². The SMILES string of the molecule is CCNC(=O)NC(=O)CN(CCc1ccccc1)Cc1ccc(C)s1. The summed E-state index contributed by atoms with van der Waals surface area (Å²) in [6.45, 7) is 6.03. The van der Waals surface area contributed by atoms with Crippen LogP contribution in [0.3, 0.4) is 0 Å². The minimum absolute atomic E-state index is 0.195. The fourth-order valence-electron chi connectivity index (χ4n) is 2.51. The van der Waals surface area contributed by atoms with Crippen LogP contribution in [0.4, 0.5) is 4.79 Å². The van der Waals surface area contributed by atoms with Crippen LogP contribution in [-0.4, -0.2) is 36.5 Å². The van der Waals surface area contributed by atoms with E-state index in [1.54, 1.807) is 11.3 Å². The summed E-state index contributed by atoms with van der Waals surface area (Å²) < 4.78 is 0. The van der Waals surface area contributed by atoms with E-state index in [9.17, 15) is 9.59 Å². The molecule has 25 heavy (non-hydrogen) atoms. The molecule has 0 atom stereocenters. The first-order valence-electron chi connectivity index (χ1n) is 8.46. The smallest absolute Gasteiger partial charge is 0.321 e. The van der Waals surface area contributed by atoms with Gasteiger partial charge in [-0.15, -0.1) is 11.3 Å². The van der Waals surface area contributed by atoms with Gasteiger partial charge in [0.05, 0.1) is 6.54 Å². The molecule has 0 aliphatic heterocycles. The van der Waals surface area contributed by atoms with Crippen LogP contribution in [0, 0.1) is 6.92 Å². The largest absolute Gasteiger partial charge is 0.338 e. The normalized spacial score (nSPS) is 10.7. The van der Waals surface area contributed by atoms with E-state index in [1.807, 2.05) is 25.1 Å². The average molecular weight is 359 g/mol. The van der Waals surface area contributed by atoms with Crippen LogP contribution in [0.25, 0.3) is 0 Å². The van der Waals surface area contributed by atoms with E-state index in [-0.39, 0.29) is 12.5 Å². The summed E-state index contributed by atoms with van der Waals surface area (Å²) in [4.78, 5) is 28.2. The highest BCUT2D eigenvalue weighted by Gasteiger charge is 2.14. The van der Waals surface area contributed by atoms with Gasteiger partial charge in [0, 0.05) is 29.4 Å². The van der Waals surface area contributed by atoms with Crippen molar-refractivity contribution < 1.29 is 9.59 Å². The van der Waals surface area contributed by atoms with Crippen LogP contribution in [0.2, 0.25) is 0 Å². The number of nitrogens with one attached hydrogen (secondary N) is 2. The third kappa shape index (κ3) is 7.07. The molecule has 1 aromatic carbocycles. The molecule has 5 nitrogen and oxygen atoms in total. The van der Waals surface area contributed by atoms with Crippen LogP contribution in [0.15, 0.2) is 42.5 Å². The van der Waals surface area contributed by atoms with Crippen LogP contribution >= 0.6 is 11.3 Å². The molecule has 0 aliphatic rings. The molecule has 0 unspecified atom stereocenters. The molecule has 0 bridgehead atoms. The average Bonchev–Trinajstić information content (AvgIpc) is 2.98. The summed E-state index contributed by atoms with van der Waals surface area (Å²) >= 11 is 1.73. The highest BCUT2D eigenvalue weighted by Crippen LogP contribution is 2.17. The predicted octanol–water partition coefficient (Wildman–Crippen LogP) is 2.95. The molecule has 2 N–H and O–H groups in total. The summed E-state index contributed by atoms with van der Waals surface area (Å²) in [5, 5.41) is 4.95. The van der Waals surface area contributed by atoms with Gasteiger partial charge >= 0.3 is 6.03 Å². The zero-order chi connectivity index (χ0) is 18.1. The number of thiophene rings is 1. The molecular formula is C19H25N3O2S. The third-order valence-corrected chi connectivity index (χ3v) is 4.68. The Labute approximate surface area is 153 Å². The van der Waals surface area contributed by atoms with Crippen LogP contribution < -0.4 is 10.6 Å². The zero-order valence-electron chi connectivity index (χ0n) is 14.7. The lowest BCUT2D eigenvalue weighted by Crippen LogP contribution is -2.44. The maximum Gasteiger partial charge on any atom is 0.321 e. The predicted molar refractivity (Wildman–Crippen MR) is 102 cm³/mol. The number of benzene rings is 1. The van der Waals surface area contributed by atoms with E-state index in [4.69, 9.17) is 0 Å². The molecule has 1 aromatic heterocycles. The zero-order valence-corrected chi connectivity index (χ0v) is 15.6. The fourth-order valence-corrected chi connectivity index (χ4v) is 3.44. The number of hydrogen-bond acceptors (Lipinski definition) is 4. The molecule has 0 saturated carbocycles. The number of hydrogen-bond donors (Lipinski definition) is 2. The first-order valence-corrected chi connectivity index (χ1v) is 9.27. The number of urea groups is 1. The molecule has 0 saturated heterocycles. The molecular weight excluding hydrogens is 334 g/mol. The van der Waals surface area contributed by atoms with Gasteiger partial charge < -0.3 is 5.32 Å². The van der Waals surface area contributed by atoms with Crippen molar-refractivity contribution in [3.63, 3.8) is 0 Å². The van der Waals surface area contributed by atoms with E-state index in [0.29, 0.717) is 13.1 Å².